The molecule has 104 valence electrons. The predicted molar refractivity (Wildman–Crippen MR) is 75.0 cm³/mol. The minimum Gasteiger partial charge on any atom is -0.449 e. The molecular weight excluding hydrogens is 290 g/mol. The first-order chi connectivity index (χ1) is 8.84. The van der Waals surface area contributed by atoms with Gasteiger partial charge in [-0.25, -0.2) is 9.52 Å². The molecule has 0 spiro atoms. The van der Waals surface area contributed by atoms with E-state index in [1.807, 2.05) is 0 Å². The molecule has 9 heteroatoms. The van der Waals surface area contributed by atoms with Gasteiger partial charge >= 0.3 is 16.3 Å². The maximum Gasteiger partial charge on any atom is 0.422 e. The summed E-state index contributed by atoms with van der Waals surface area (Å²) >= 11 is 4.77. The Morgan fingerprint density at radius 2 is 1.95 bits per heavy atom. The first kappa shape index (κ1) is 15.2. The van der Waals surface area contributed by atoms with E-state index in [4.69, 9.17) is 18.0 Å². The number of hydrogen-bond donors (Lipinski definition) is 3. The number of hydrogen-bond acceptors (Lipinski definition) is 5. The fraction of sp³-hybridized carbons (Fsp3) is 0.200. The van der Waals surface area contributed by atoms with Gasteiger partial charge < -0.3 is 10.5 Å². The van der Waals surface area contributed by atoms with Crippen LogP contribution in [0.1, 0.15) is 12.5 Å². The number of carbonyl (C=O) groups excluding carboxylic acids is 1. The molecule has 0 aliphatic rings. The van der Waals surface area contributed by atoms with Crippen molar-refractivity contribution < 1.29 is 17.9 Å². The van der Waals surface area contributed by atoms with Crippen molar-refractivity contribution >= 4 is 39.2 Å². The number of carbonyl (C=O) groups is 1. The van der Waals surface area contributed by atoms with Gasteiger partial charge in [-0.05, 0) is 31.2 Å². The fourth-order valence-electron chi connectivity index (χ4n) is 1.15. The Labute approximate surface area is 116 Å². The van der Waals surface area contributed by atoms with Crippen LogP contribution < -0.4 is 15.2 Å². The van der Waals surface area contributed by atoms with Crippen LogP contribution in [0.2, 0.25) is 0 Å². The minimum atomic E-state index is -4.03. The Morgan fingerprint density at radius 3 is 2.42 bits per heavy atom. The van der Waals surface area contributed by atoms with Crippen molar-refractivity contribution in [3.05, 3.63) is 29.8 Å². The molecule has 0 saturated carbocycles. The molecule has 1 aromatic carbocycles. The zero-order valence-electron chi connectivity index (χ0n) is 10.0. The van der Waals surface area contributed by atoms with Crippen molar-refractivity contribution in [2.24, 2.45) is 5.73 Å². The number of anilines is 1. The van der Waals surface area contributed by atoms with Gasteiger partial charge in [0.2, 0.25) is 0 Å². The van der Waals surface area contributed by atoms with Crippen molar-refractivity contribution in [1.29, 1.82) is 0 Å². The third kappa shape index (κ3) is 5.10. The van der Waals surface area contributed by atoms with E-state index in [9.17, 15) is 13.2 Å². The summed E-state index contributed by atoms with van der Waals surface area (Å²) in [6, 6.07) is 6.06. The lowest BCUT2D eigenvalue weighted by molar-refractivity contribution is 0.159. The highest BCUT2D eigenvalue weighted by molar-refractivity contribution is 7.91. The van der Waals surface area contributed by atoms with Crippen LogP contribution in [-0.4, -0.2) is 26.1 Å². The normalized spacial score (nSPS) is 10.6. The molecule has 0 aliphatic carbocycles. The Hall–Kier alpha value is -1.87. The third-order valence-corrected chi connectivity index (χ3v) is 3.09. The van der Waals surface area contributed by atoms with Gasteiger partial charge in [0.1, 0.15) is 4.99 Å². The number of ether oxygens (including phenoxy) is 1. The number of nitrogens with two attached hydrogens (primary N) is 1. The van der Waals surface area contributed by atoms with Gasteiger partial charge in [-0.2, -0.15) is 8.42 Å². The second-order valence-corrected chi connectivity index (χ2v) is 5.22. The van der Waals surface area contributed by atoms with Crippen LogP contribution in [0.15, 0.2) is 24.3 Å². The van der Waals surface area contributed by atoms with Crippen LogP contribution in [0, 0.1) is 0 Å². The summed E-state index contributed by atoms with van der Waals surface area (Å²) in [5.74, 6) is 0. The van der Waals surface area contributed by atoms with Crippen LogP contribution in [0.5, 0.6) is 0 Å². The summed E-state index contributed by atoms with van der Waals surface area (Å²) in [7, 11) is -4.03. The van der Waals surface area contributed by atoms with E-state index in [2.05, 4.69) is 9.46 Å². The van der Waals surface area contributed by atoms with Crippen molar-refractivity contribution in [3.63, 3.8) is 0 Å². The Morgan fingerprint density at radius 1 is 1.37 bits per heavy atom. The molecule has 0 radical (unpaired) electrons. The van der Waals surface area contributed by atoms with Gasteiger partial charge in [-0.3, -0.25) is 4.72 Å². The quantitative estimate of drug-likeness (QED) is 0.691. The monoisotopic (exact) mass is 303 g/mol. The van der Waals surface area contributed by atoms with E-state index in [0.29, 0.717) is 5.56 Å². The molecule has 19 heavy (non-hydrogen) atoms. The van der Waals surface area contributed by atoms with Gasteiger partial charge in [0, 0.05) is 5.56 Å². The van der Waals surface area contributed by atoms with Crippen LogP contribution in [0.3, 0.4) is 0 Å². The van der Waals surface area contributed by atoms with E-state index in [-0.39, 0.29) is 17.3 Å². The van der Waals surface area contributed by atoms with Crippen molar-refractivity contribution in [1.82, 2.24) is 4.72 Å². The zero-order chi connectivity index (χ0) is 14.5. The number of amides is 1. The maximum absolute atomic E-state index is 11.5. The predicted octanol–water partition coefficient (Wildman–Crippen LogP) is 0.724. The van der Waals surface area contributed by atoms with Crippen molar-refractivity contribution in [2.75, 3.05) is 11.3 Å². The number of benzene rings is 1. The van der Waals surface area contributed by atoms with Gasteiger partial charge in [-0.1, -0.05) is 12.2 Å². The molecule has 1 amide bonds. The number of nitrogens with one attached hydrogen (secondary N) is 2. The van der Waals surface area contributed by atoms with Crippen molar-refractivity contribution in [2.45, 2.75) is 6.92 Å². The summed E-state index contributed by atoms with van der Waals surface area (Å²) in [5, 5.41) is 0. The largest absolute Gasteiger partial charge is 0.449 e. The third-order valence-electron chi connectivity index (χ3n) is 1.91. The summed E-state index contributed by atoms with van der Waals surface area (Å²) in [6.45, 7) is 1.64. The summed E-state index contributed by atoms with van der Waals surface area (Å²) in [4.78, 5) is 11.2. The SMILES string of the molecule is CCOC(=O)NS(=O)(=O)Nc1ccc(C(N)=S)cc1. The Kier molecular flexibility index (Phi) is 5.07. The van der Waals surface area contributed by atoms with Gasteiger partial charge in [-0.15, -0.1) is 0 Å². The molecule has 0 heterocycles. The van der Waals surface area contributed by atoms with Crippen molar-refractivity contribution in [3.8, 4) is 0 Å². The summed E-state index contributed by atoms with van der Waals surface area (Å²) in [5.41, 5.74) is 6.28. The molecule has 0 saturated heterocycles. The number of thiocarbonyl (C=S) groups is 1. The molecule has 1 aromatic rings. The first-order valence-electron chi connectivity index (χ1n) is 5.21. The zero-order valence-corrected chi connectivity index (χ0v) is 11.7. The molecule has 0 atom stereocenters. The highest BCUT2D eigenvalue weighted by atomic mass is 32.2. The van der Waals surface area contributed by atoms with Crippen LogP contribution in [0.4, 0.5) is 10.5 Å². The van der Waals surface area contributed by atoms with Crippen LogP contribution in [0.25, 0.3) is 0 Å². The standard InChI is InChI=1S/C10H13N3O4S2/c1-2-17-10(14)13-19(15,16)12-8-5-3-7(4-6-8)9(11)18/h3-6,12H,2H2,1H3,(H2,11,18)(H,13,14). The Bertz CT molecular complexity index is 569. The van der Waals surface area contributed by atoms with Gasteiger partial charge in [0.15, 0.2) is 0 Å². The van der Waals surface area contributed by atoms with Gasteiger partial charge in [0.25, 0.3) is 0 Å². The second kappa shape index (κ2) is 6.34. The fourth-order valence-corrected chi connectivity index (χ4v) is 2.07. The van der Waals surface area contributed by atoms with E-state index in [1.165, 1.54) is 12.1 Å². The molecule has 0 aromatic heterocycles. The highest BCUT2D eigenvalue weighted by Gasteiger charge is 2.14. The molecular formula is C10H13N3O4S2. The van der Waals surface area contributed by atoms with E-state index in [0.717, 1.165) is 0 Å². The maximum atomic E-state index is 11.5. The van der Waals surface area contributed by atoms with E-state index < -0.39 is 16.3 Å². The average Bonchev–Trinajstić information content (AvgIpc) is 2.28. The molecule has 4 N–H and O–H groups in total. The van der Waals surface area contributed by atoms with Crippen LogP contribution in [-0.2, 0) is 14.9 Å². The first-order valence-corrected chi connectivity index (χ1v) is 7.10. The number of rotatable bonds is 5. The molecule has 1 rings (SSSR count). The lowest BCUT2D eigenvalue weighted by atomic mass is 10.2. The topological polar surface area (TPSA) is 111 Å². The van der Waals surface area contributed by atoms with Crippen LogP contribution >= 0.6 is 12.2 Å². The molecule has 0 unspecified atom stereocenters. The molecule has 0 fully saturated rings. The molecule has 0 aliphatic heterocycles. The summed E-state index contributed by atoms with van der Waals surface area (Å²) in [6.07, 6.45) is -1.05. The Balaban J connectivity index is 2.73. The summed E-state index contributed by atoms with van der Waals surface area (Å²) < 4.78 is 31.4. The smallest absolute Gasteiger partial charge is 0.422 e. The second-order valence-electron chi connectivity index (χ2n) is 3.37. The lowest BCUT2D eigenvalue weighted by Crippen LogP contribution is -2.35. The van der Waals surface area contributed by atoms with Gasteiger partial charge in [0.05, 0.1) is 12.3 Å². The lowest BCUT2D eigenvalue weighted by Gasteiger charge is -2.09. The average molecular weight is 303 g/mol. The highest BCUT2D eigenvalue weighted by Crippen LogP contribution is 2.10. The van der Waals surface area contributed by atoms with E-state index >= 15 is 0 Å². The molecule has 7 nitrogen and oxygen atoms in total. The van der Waals surface area contributed by atoms with E-state index in [1.54, 1.807) is 23.8 Å². The molecule has 0 bridgehead atoms. The minimum absolute atomic E-state index is 0.0734.